The minimum absolute atomic E-state index is 0.199. The fourth-order valence-corrected chi connectivity index (χ4v) is 3.08. The Labute approximate surface area is 119 Å². The molecule has 20 heavy (non-hydrogen) atoms. The second-order valence-electron chi connectivity index (χ2n) is 4.38. The molecule has 102 valence electrons. The van der Waals surface area contributed by atoms with E-state index in [0.29, 0.717) is 12.2 Å². The Bertz CT molecular complexity index is 775. The number of thiophene rings is 1. The molecule has 0 spiro atoms. The number of nitrogens with one attached hydrogen (secondary N) is 1. The lowest BCUT2D eigenvalue weighted by Crippen LogP contribution is -2.17. The van der Waals surface area contributed by atoms with Gasteiger partial charge in [-0.1, -0.05) is 12.1 Å². The first-order valence-electron chi connectivity index (χ1n) is 6.33. The van der Waals surface area contributed by atoms with Gasteiger partial charge in [-0.3, -0.25) is 4.79 Å². The predicted molar refractivity (Wildman–Crippen MR) is 79.8 cm³/mol. The Morgan fingerprint density at radius 2 is 2.15 bits per heavy atom. The van der Waals surface area contributed by atoms with Gasteiger partial charge in [-0.25, -0.2) is 4.39 Å². The molecule has 3 rings (SSSR count). The van der Waals surface area contributed by atoms with Crippen LogP contribution in [0.5, 0.6) is 0 Å². The highest BCUT2D eigenvalue weighted by atomic mass is 32.1. The van der Waals surface area contributed by atoms with E-state index in [1.807, 2.05) is 29.0 Å². The number of carbonyl (C=O) groups is 1. The van der Waals surface area contributed by atoms with Gasteiger partial charge in [0.05, 0.1) is 15.9 Å². The molecule has 2 aromatic heterocycles. The predicted octanol–water partition coefficient (Wildman–Crippen LogP) is 4.11. The van der Waals surface area contributed by atoms with Crippen molar-refractivity contribution >= 4 is 33.1 Å². The largest absolute Gasteiger partial charge is 0.336 e. The molecule has 0 fully saturated rings. The standard InChI is InChI=1S/C15H13FN2OS/c1-2-18-12-7-8-20-14(12)9-13(18)15(19)17-11-6-4-3-5-10(11)16/h3-9H,2H2,1H3,(H,17,19). The van der Waals surface area contributed by atoms with Crippen molar-refractivity contribution in [2.24, 2.45) is 0 Å². The molecule has 0 saturated carbocycles. The summed E-state index contributed by atoms with van der Waals surface area (Å²) in [6.07, 6.45) is 0. The Morgan fingerprint density at radius 3 is 2.90 bits per heavy atom. The van der Waals surface area contributed by atoms with Crippen molar-refractivity contribution in [3.05, 3.63) is 53.3 Å². The van der Waals surface area contributed by atoms with Crippen LogP contribution in [-0.4, -0.2) is 10.5 Å². The minimum atomic E-state index is -0.433. The molecule has 0 saturated heterocycles. The van der Waals surface area contributed by atoms with Gasteiger partial charge in [0.15, 0.2) is 0 Å². The van der Waals surface area contributed by atoms with Crippen molar-refractivity contribution < 1.29 is 9.18 Å². The van der Waals surface area contributed by atoms with Crippen LogP contribution in [0.4, 0.5) is 10.1 Å². The molecule has 1 N–H and O–H groups in total. The summed E-state index contributed by atoms with van der Waals surface area (Å²) in [7, 11) is 0. The zero-order chi connectivity index (χ0) is 14.1. The van der Waals surface area contributed by atoms with E-state index in [0.717, 1.165) is 10.2 Å². The summed E-state index contributed by atoms with van der Waals surface area (Å²) in [5.41, 5.74) is 1.79. The number of aryl methyl sites for hydroxylation is 1. The fraction of sp³-hybridized carbons (Fsp3) is 0.133. The third kappa shape index (κ3) is 2.10. The van der Waals surface area contributed by atoms with Gasteiger partial charge in [0, 0.05) is 6.54 Å². The van der Waals surface area contributed by atoms with E-state index in [-0.39, 0.29) is 11.6 Å². The van der Waals surface area contributed by atoms with Crippen LogP contribution < -0.4 is 5.32 Å². The van der Waals surface area contributed by atoms with Crippen LogP contribution in [0.1, 0.15) is 17.4 Å². The van der Waals surface area contributed by atoms with Gasteiger partial charge >= 0.3 is 0 Å². The lowest BCUT2D eigenvalue weighted by molar-refractivity contribution is 0.101. The highest BCUT2D eigenvalue weighted by Gasteiger charge is 2.16. The molecular weight excluding hydrogens is 275 g/mol. The smallest absolute Gasteiger partial charge is 0.272 e. The Balaban J connectivity index is 1.96. The molecular formula is C15H13FN2OS. The van der Waals surface area contributed by atoms with E-state index >= 15 is 0 Å². The number of rotatable bonds is 3. The number of fused-ring (bicyclic) bond motifs is 1. The monoisotopic (exact) mass is 288 g/mol. The molecule has 1 amide bonds. The zero-order valence-electron chi connectivity index (χ0n) is 10.9. The molecule has 5 heteroatoms. The molecule has 1 aromatic carbocycles. The minimum Gasteiger partial charge on any atom is -0.336 e. The van der Waals surface area contributed by atoms with E-state index in [1.54, 1.807) is 29.5 Å². The second-order valence-corrected chi connectivity index (χ2v) is 5.33. The van der Waals surface area contributed by atoms with Crippen molar-refractivity contribution in [2.75, 3.05) is 5.32 Å². The van der Waals surface area contributed by atoms with Crippen LogP contribution in [0, 0.1) is 5.82 Å². The van der Waals surface area contributed by atoms with Gasteiger partial charge in [0.2, 0.25) is 0 Å². The fourth-order valence-electron chi connectivity index (χ4n) is 2.25. The molecule has 0 unspecified atom stereocenters. The summed E-state index contributed by atoms with van der Waals surface area (Å²) >= 11 is 1.59. The third-order valence-electron chi connectivity index (χ3n) is 3.19. The summed E-state index contributed by atoms with van der Waals surface area (Å²) in [5.74, 6) is -0.724. The van der Waals surface area contributed by atoms with E-state index in [9.17, 15) is 9.18 Å². The van der Waals surface area contributed by atoms with Crippen LogP contribution >= 0.6 is 11.3 Å². The number of halogens is 1. The van der Waals surface area contributed by atoms with Crippen LogP contribution in [-0.2, 0) is 6.54 Å². The average molecular weight is 288 g/mol. The normalized spacial score (nSPS) is 10.9. The summed E-state index contributed by atoms with van der Waals surface area (Å²) in [4.78, 5) is 12.3. The number of anilines is 1. The van der Waals surface area contributed by atoms with Crippen LogP contribution in [0.2, 0.25) is 0 Å². The molecule has 3 nitrogen and oxygen atoms in total. The van der Waals surface area contributed by atoms with Crippen molar-refractivity contribution in [3.8, 4) is 0 Å². The molecule has 3 aromatic rings. The van der Waals surface area contributed by atoms with E-state index in [1.165, 1.54) is 6.07 Å². The highest BCUT2D eigenvalue weighted by molar-refractivity contribution is 7.17. The van der Waals surface area contributed by atoms with Gasteiger partial charge in [0.1, 0.15) is 11.5 Å². The summed E-state index contributed by atoms with van der Waals surface area (Å²) < 4.78 is 16.6. The van der Waals surface area contributed by atoms with Gasteiger partial charge in [-0.05, 0) is 36.6 Å². The number of hydrogen-bond donors (Lipinski definition) is 1. The Kier molecular flexibility index (Phi) is 3.28. The number of carbonyl (C=O) groups excluding carboxylic acids is 1. The van der Waals surface area contributed by atoms with Gasteiger partial charge in [-0.2, -0.15) is 0 Å². The van der Waals surface area contributed by atoms with Crippen molar-refractivity contribution in [1.82, 2.24) is 4.57 Å². The van der Waals surface area contributed by atoms with Crippen molar-refractivity contribution in [2.45, 2.75) is 13.5 Å². The number of para-hydroxylation sites is 1. The van der Waals surface area contributed by atoms with Crippen LogP contribution in [0.25, 0.3) is 10.2 Å². The molecule has 2 heterocycles. The summed E-state index contributed by atoms with van der Waals surface area (Å²) in [6.45, 7) is 2.68. The Hall–Kier alpha value is -2.14. The first kappa shape index (κ1) is 12.9. The van der Waals surface area contributed by atoms with E-state index in [4.69, 9.17) is 0 Å². The maximum Gasteiger partial charge on any atom is 0.272 e. The number of nitrogens with zero attached hydrogens (tertiary/aromatic N) is 1. The molecule has 0 atom stereocenters. The van der Waals surface area contributed by atoms with Gasteiger partial charge in [0.25, 0.3) is 5.91 Å². The van der Waals surface area contributed by atoms with Gasteiger partial charge in [-0.15, -0.1) is 11.3 Å². The topological polar surface area (TPSA) is 34.0 Å². The highest BCUT2D eigenvalue weighted by Crippen LogP contribution is 2.26. The molecule has 0 bridgehead atoms. The summed E-state index contributed by atoms with van der Waals surface area (Å²) in [6, 6.07) is 10.00. The zero-order valence-corrected chi connectivity index (χ0v) is 11.7. The molecule has 0 aliphatic heterocycles. The third-order valence-corrected chi connectivity index (χ3v) is 4.05. The SMILES string of the molecule is CCn1c(C(=O)Nc2ccccc2F)cc2sccc21. The number of hydrogen-bond acceptors (Lipinski definition) is 2. The second kappa shape index (κ2) is 5.09. The first-order valence-corrected chi connectivity index (χ1v) is 7.21. The number of aromatic nitrogens is 1. The average Bonchev–Trinajstić information content (AvgIpc) is 3.01. The first-order chi connectivity index (χ1) is 9.70. The lowest BCUT2D eigenvalue weighted by Gasteiger charge is -2.09. The van der Waals surface area contributed by atoms with Crippen LogP contribution in [0.3, 0.4) is 0 Å². The van der Waals surface area contributed by atoms with Crippen LogP contribution in [0.15, 0.2) is 41.8 Å². The van der Waals surface area contributed by atoms with Gasteiger partial charge < -0.3 is 9.88 Å². The van der Waals surface area contributed by atoms with Crippen molar-refractivity contribution in [3.63, 3.8) is 0 Å². The summed E-state index contributed by atoms with van der Waals surface area (Å²) in [5, 5.41) is 4.62. The number of amides is 1. The van der Waals surface area contributed by atoms with E-state index in [2.05, 4.69) is 5.32 Å². The maximum atomic E-state index is 13.6. The quantitative estimate of drug-likeness (QED) is 0.773. The molecule has 0 radical (unpaired) electrons. The lowest BCUT2D eigenvalue weighted by atomic mass is 10.3. The Morgan fingerprint density at radius 1 is 1.35 bits per heavy atom. The number of benzene rings is 1. The molecule has 0 aliphatic carbocycles. The maximum absolute atomic E-state index is 13.6. The molecule has 0 aliphatic rings. The van der Waals surface area contributed by atoms with E-state index < -0.39 is 5.82 Å². The van der Waals surface area contributed by atoms with Crippen molar-refractivity contribution in [1.29, 1.82) is 0 Å².